The van der Waals surface area contributed by atoms with E-state index in [4.69, 9.17) is 4.74 Å². The van der Waals surface area contributed by atoms with Gasteiger partial charge in [-0.05, 0) is 80.8 Å². The molecule has 1 unspecified atom stereocenters. The Balaban J connectivity index is 1.42. The van der Waals surface area contributed by atoms with Crippen molar-refractivity contribution in [2.24, 2.45) is 23.2 Å². The Labute approximate surface area is 150 Å². The quantitative estimate of drug-likeness (QED) is 0.806. The molecule has 0 aromatic heterocycles. The van der Waals surface area contributed by atoms with E-state index >= 15 is 0 Å². The number of amides is 1. The molecule has 4 aliphatic carbocycles. The van der Waals surface area contributed by atoms with E-state index in [1.165, 1.54) is 38.5 Å². The summed E-state index contributed by atoms with van der Waals surface area (Å²) in [6, 6.07) is 8.03. The molecule has 1 amide bonds. The zero-order chi connectivity index (χ0) is 17.4. The summed E-state index contributed by atoms with van der Waals surface area (Å²) in [5.74, 6) is 3.54. The molecule has 0 spiro atoms. The van der Waals surface area contributed by atoms with E-state index in [9.17, 15) is 4.79 Å². The Hall–Kier alpha value is -1.77. The van der Waals surface area contributed by atoms with Gasteiger partial charge < -0.3 is 10.1 Å². The summed E-state index contributed by atoms with van der Waals surface area (Å²) in [5, 5.41) is 3.28. The molecule has 1 aromatic rings. The number of ether oxygens (including phenoxy) is 1. The van der Waals surface area contributed by atoms with E-state index in [2.05, 4.69) is 12.2 Å². The van der Waals surface area contributed by atoms with Gasteiger partial charge in [0.25, 0.3) is 0 Å². The Morgan fingerprint density at radius 3 is 2.36 bits per heavy atom. The molecule has 4 saturated carbocycles. The topological polar surface area (TPSA) is 38.3 Å². The smallest absolute Gasteiger partial charge is 0.244 e. The van der Waals surface area contributed by atoms with Crippen LogP contribution in [0.4, 0.5) is 0 Å². The molecular formula is C22H29NO2. The maximum Gasteiger partial charge on any atom is 0.244 e. The Morgan fingerprint density at radius 2 is 1.76 bits per heavy atom. The van der Waals surface area contributed by atoms with Crippen LogP contribution >= 0.6 is 0 Å². The summed E-state index contributed by atoms with van der Waals surface area (Å²) in [4.78, 5) is 12.5. The monoisotopic (exact) mass is 339 g/mol. The van der Waals surface area contributed by atoms with E-state index in [0.717, 1.165) is 29.1 Å². The molecule has 4 fully saturated rings. The molecule has 0 heterocycles. The van der Waals surface area contributed by atoms with Crippen LogP contribution in [0.3, 0.4) is 0 Å². The van der Waals surface area contributed by atoms with Gasteiger partial charge in [0, 0.05) is 17.7 Å². The molecule has 3 nitrogen and oxygen atoms in total. The van der Waals surface area contributed by atoms with Crippen LogP contribution in [0.1, 0.15) is 51.0 Å². The summed E-state index contributed by atoms with van der Waals surface area (Å²) in [6.07, 6.45) is 11.8. The third kappa shape index (κ3) is 3.21. The van der Waals surface area contributed by atoms with E-state index in [0.29, 0.717) is 5.41 Å². The second-order valence-electron chi connectivity index (χ2n) is 8.59. The normalized spacial score (nSPS) is 34.2. The Bertz CT molecular complexity index is 643. The van der Waals surface area contributed by atoms with Crippen LogP contribution in [0.2, 0.25) is 0 Å². The molecule has 3 heteroatoms. The third-order valence-corrected chi connectivity index (χ3v) is 6.92. The van der Waals surface area contributed by atoms with Gasteiger partial charge in [-0.25, -0.2) is 0 Å². The van der Waals surface area contributed by atoms with Crippen molar-refractivity contribution in [3.05, 3.63) is 35.9 Å². The van der Waals surface area contributed by atoms with Crippen LogP contribution in [0, 0.1) is 23.2 Å². The van der Waals surface area contributed by atoms with E-state index in [1.807, 2.05) is 30.3 Å². The molecule has 134 valence electrons. The highest BCUT2D eigenvalue weighted by molar-refractivity contribution is 5.92. The molecular weight excluding hydrogens is 310 g/mol. The summed E-state index contributed by atoms with van der Waals surface area (Å²) in [5.41, 5.74) is 1.28. The lowest BCUT2D eigenvalue weighted by atomic mass is 9.48. The summed E-state index contributed by atoms with van der Waals surface area (Å²) in [7, 11) is 1.65. The molecule has 4 bridgehead atoms. The maximum atomic E-state index is 12.5. The number of rotatable bonds is 5. The SMILES string of the molecule is COc1ccccc1/C=C/C(=O)NC(C)C12CC3CC(CC(C3)C1)C2. The van der Waals surface area contributed by atoms with Gasteiger partial charge in [0.2, 0.25) is 5.91 Å². The largest absolute Gasteiger partial charge is 0.496 e. The first kappa shape index (κ1) is 16.7. The van der Waals surface area contributed by atoms with Gasteiger partial charge in [-0.3, -0.25) is 4.79 Å². The van der Waals surface area contributed by atoms with Crippen LogP contribution < -0.4 is 10.1 Å². The number of methoxy groups -OCH3 is 1. The number of nitrogens with one attached hydrogen (secondary N) is 1. The lowest BCUT2D eigenvalue weighted by Gasteiger charge is -2.59. The number of hydrogen-bond acceptors (Lipinski definition) is 2. The molecule has 0 aliphatic heterocycles. The lowest BCUT2D eigenvalue weighted by Crippen LogP contribution is -2.55. The third-order valence-electron chi connectivity index (χ3n) is 6.92. The maximum absolute atomic E-state index is 12.5. The van der Waals surface area contributed by atoms with Crippen LogP contribution in [-0.2, 0) is 4.79 Å². The fraction of sp³-hybridized carbons (Fsp3) is 0.591. The van der Waals surface area contributed by atoms with Crippen molar-refractivity contribution in [3.63, 3.8) is 0 Å². The van der Waals surface area contributed by atoms with Crippen molar-refractivity contribution in [2.75, 3.05) is 7.11 Å². The van der Waals surface area contributed by atoms with Crippen LogP contribution in [0.5, 0.6) is 5.75 Å². The minimum atomic E-state index is 0.00847. The van der Waals surface area contributed by atoms with Crippen LogP contribution in [-0.4, -0.2) is 19.1 Å². The number of carbonyl (C=O) groups is 1. The minimum absolute atomic E-state index is 0.00847. The number of benzene rings is 1. The number of carbonyl (C=O) groups excluding carboxylic acids is 1. The average Bonchev–Trinajstić information content (AvgIpc) is 2.59. The zero-order valence-electron chi connectivity index (χ0n) is 15.3. The minimum Gasteiger partial charge on any atom is -0.496 e. The van der Waals surface area contributed by atoms with Gasteiger partial charge in [-0.2, -0.15) is 0 Å². The van der Waals surface area contributed by atoms with Crippen molar-refractivity contribution in [2.45, 2.75) is 51.5 Å². The van der Waals surface area contributed by atoms with Gasteiger partial charge in [-0.15, -0.1) is 0 Å². The standard InChI is InChI=1S/C22H29NO2/c1-15(22-12-16-9-17(13-22)11-18(10-16)14-22)23-21(24)8-7-19-5-3-4-6-20(19)25-2/h3-8,15-18H,9-14H2,1-2H3,(H,23,24)/b8-7+. The van der Waals surface area contributed by atoms with E-state index in [1.54, 1.807) is 13.2 Å². The number of hydrogen-bond donors (Lipinski definition) is 1. The summed E-state index contributed by atoms with van der Waals surface area (Å²) >= 11 is 0. The molecule has 1 N–H and O–H groups in total. The summed E-state index contributed by atoms with van der Waals surface area (Å²) < 4.78 is 5.34. The summed E-state index contributed by atoms with van der Waals surface area (Å²) in [6.45, 7) is 2.22. The molecule has 5 rings (SSSR count). The first-order chi connectivity index (χ1) is 12.1. The molecule has 1 atom stereocenters. The first-order valence-electron chi connectivity index (χ1n) is 9.69. The van der Waals surface area contributed by atoms with E-state index < -0.39 is 0 Å². The highest BCUT2D eigenvalue weighted by Gasteiger charge is 2.53. The van der Waals surface area contributed by atoms with Crippen molar-refractivity contribution in [1.29, 1.82) is 0 Å². The van der Waals surface area contributed by atoms with Gasteiger partial charge in [0.15, 0.2) is 0 Å². The van der Waals surface area contributed by atoms with Crippen LogP contribution in [0.15, 0.2) is 30.3 Å². The van der Waals surface area contributed by atoms with Gasteiger partial charge >= 0.3 is 0 Å². The molecule has 1 aromatic carbocycles. The second kappa shape index (κ2) is 6.51. The first-order valence-corrected chi connectivity index (χ1v) is 9.69. The molecule has 0 saturated heterocycles. The molecule has 0 radical (unpaired) electrons. The van der Waals surface area contributed by atoms with Crippen molar-refractivity contribution < 1.29 is 9.53 Å². The Morgan fingerprint density at radius 1 is 1.16 bits per heavy atom. The van der Waals surface area contributed by atoms with Crippen molar-refractivity contribution >= 4 is 12.0 Å². The second-order valence-corrected chi connectivity index (χ2v) is 8.59. The number of para-hydroxylation sites is 1. The van der Waals surface area contributed by atoms with Gasteiger partial charge in [0.1, 0.15) is 5.75 Å². The van der Waals surface area contributed by atoms with Crippen molar-refractivity contribution in [1.82, 2.24) is 5.32 Å². The van der Waals surface area contributed by atoms with Gasteiger partial charge in [0.05, 0.1) is 7.11 Å². The highest BCUT2D eigenvalue weighted by atomic mass is 16.5. The highest BCUT2D eigenvalue weighted by Crippen LogP contribution is 2.61. The Kier molecular flexibility index (Phi) is 4.35. The average molecular weight is 339 g/mol. The molecule has 25 heavy (non-hydrogen) atoms. The lowest BCUT2D eigenvalue weighted by molar-refractivity contribution is -0.121. The van der Waals surface area contributed by atoms with Crippen molar-refractivity contribution in [3.8, 4) is 5.75 Å². The predicted octanol–water partition coefficient (Wildman–Crippen LogP) is 4.43. The van der Waals surface area contributed by atoms with E-state index in [-0.39, 0.29) is 11.9 Å². The van der Waals surface area contributed by atoms with Crippen LogP contribution in [0.25, 0.3) is 6.08 Å². The van der Waals surface area contributed by atoms with Gasteiger partial charge in [-0.1, -0.05) is 18.2 Å². The fourth-order valence-electron chi connectivity index (χ4n) is 6.09. The fourth-order valence-corrected chi connectivity index (χ4v) is 6.09. The predicted molar refractivity (Wildman–Crippen MR) is 100 cm³/mol. The zero-order valence-corrected chi connectivity index (χ0v) is 15.3. The molecule has 4 aliphatic rings.